The first-order valence-electron chi connectivity index (χ1n) is 7.49. The van der Waals surface area contributed by atoms with E-state index in [4.69, 9.17) is 14.6 Å². The Hall–Kier alpha value is -2.85. The van der Waals surface area contributed by atoms with Crippen LogP contribution in [0.15, 0.2) is 29.8 Å². The van der Waals surface area contributed by atoms with Gasteiger partial charge in [0, 0.05) is 13.1 Å². The summed E-state index contributed by atoms with van der Waals surface area (Å²) in [6.45, 7) is 3.32. The Morgan fingerprint density at radius 3 is 2.50 bits per heavy atom. The lowest BCUT2D eigenvalue weighted by Gasteiger charge is -2.26. The van der Waals surface area contributed by atoms with Gasteiger partial charge in [0.05, 0.1) is 13.2 Å². The van der Waals surface area contributed by atoms with Gasteiger partial charge in [0.1, 0.15) is 17.4 Å². The van der Waals surface area contributed by atoms with Crippen LogP contribution in [-0.4, -0.2) is 54.3 Å². The van der Waals surface area contributed by atoms with Gasteiger partial charge in [-0.3, -0.25) is 4.79 Å². The fourth-order valence-corrected chi connectivity index (χ4v) is 2.14. The Morgan fingerprint density at radius 2 is 1.96 bits per heavy atom. The third kappa shape index (κ3) is 4.57. The highest BCUT2D eigenvalue weighted by atomic mass is 16.5. The highest BCUT2D eigenvalue weighted by Gasteiger charge is 2.20. The summed E-state index contributed by atoms with van der Waals surface area (Å²) in [5.41, 5.74) is 0.702. The summed E-state index contributed by atoms with van der Waals surface area (Å²) in [5, 5.41) is 18.0. The first kappa shape index (κ1) is 17.5. The first-order valence-corrected chi connectivity index (χ1v) is 7.49. The Labute approximate surface area is 139 Å². The van der Waals surface area contributed by atoms with Crippen molar-refractivity contribution in [2.75, 3.05) is 26.3 Å². The van der Waals surface area contributed by atoms with Crippen molar-refractivity contribution >= 4 is 18.0 Å². The molecule has 1 heterocycles. The highest BCUT2D eigenvalue weighted by molar-refractivity contribution is 6.01. The molecule has 0 radical (unpaired) electrons. The van der Waals surface area contributed by atoms with Crippen molar-refractivity contribution in [2.24, 2.45) is 0 Å². The van der Waals surface area contributed by atoms with Crippen LogP contribution in [0, 0.1) is 11.3 Å². The average Bonchev–Trinajstić information content (AvgIpc) is 2.61. The minimum absolute atomic E-state index is 0.0458. The van der Waals surface area contributed by atoms with Gasteiger partial charge in [0.25, 0.3) is 5.91 Å². The number of morpholine rings is 1. The Kier molecular flexibility index (Phi) is 5.93. The predicted molar refractivity (Wildman–Crippen MR) is 85.2 cm³/mol. The van der Waals surface area contributed by atoms with Crippen LogP contribution < -0.4 is 4.74 Å². The fourth-order valence-electron chi connectivity index (χ4n) is 2.14. The lowest BCUT2D eigenvalue weighted by atomic mass is 10.1. The number of carbonyl (C=O) groups is 2. The van der Waals surface area contributed by atoms with E-state index in [1.54, 1.807) is 29.2 Å². The van der Waals surface area contributed by atoms with Gasteiger partial charge < -0.3 is 19.5 Å². The maximum Gasteiger partial charge on any atom is 0.344 e. The van der Waals surface area contributed by atoms with E-state index in [0.29, 0.717) is 37.6 Å². The van der Waals surface area contributed by atoms with E-state index in [9.17, 15) is 14.9 Å². The molecule has 126 valence electrons. The molecule has 1 fully saturated rings. The van der Waals surface area contributed by atoms with Gasteiger partial charge in [-0.2, -0.15) is 5.26 Å². The first-order chi connectivity index (χ1) is 11.5. The summed E-state index contributed by atoms with van der Waals surface area (Å²) in [4.78, 5) is 24.7. The molecule has 1 aliphatic rings. The molecule has 24 heavy (non-hydrogen) atoms. The van der Waals surface area contributed by atoms with Crippen LogP contribution >= 0.6 is 0 Å². The molecule has 1 aromatic rings. The number of carbonyl (C=O) groups excluding carboxylic acids is 1. The Bertz CT molecular complexity index is 669. The number of hydrogen-bond acceptors (Lipinski definition) is 5. The third-order valence-corrected chi connectivity index (χ3v) is 3.50. The van der Waals surface area contributed by atoms with Crippen molar-refractivity contribution < 1.29 is 24.2 Å². The summed E-state index contributed by atoms with van der Waals surface area (Å²) in [5.74, 6) is -0.970. The molecule has 2 rings (SSSR count). The van der Waals surface area contributed by atoms with Crippen molar-refractivity contribution in [1.29, 1.82) is 5.26 Å². The molecule has 0 bridgehead atoms. The van der Waals surface area contributed by atoms with Crippen LogP contribution in [0.2, 0.25) is 0 Å². The van der Waals surface area contributed by atoms with E-state index >= 15 is 0 Å². The maximum absolute atomic E-state index is 12.3. The molecule has 0 aliphatic carbocycles. The molecule has 0 spiro atoms. The molecule has 0 aromatic heterocycles. The van der Waals surface area contributed by atoms with Crippen molar-refractivity contribution in [2.45, 2.75) is 13.0 Å². The average molecular weight is 330 g/mol. The molecule has 1 N–H and O–H groups in total. The molecule has 7 nitrogen and oxygen atoms in total. The zero-order valence-corrected chi connectivity index (χ0v) is 13.3. The topological polar surface area (TPSA) is 99.9 Å². The van der Waals surface area contributed by atoms with Gasteiger partial charge in [-0.25, -0.2) is 4.79 Å². The number of amides is 1. The van der Waals surface area contributed by atoms with E-state index < -0.39 is 12.1 Å². The van der Waals surface area contributed by atoms with E-state index in [1.165, 1.54) is 13.0 Å². The SMILES string of the molecule is CC(Oc1ccc(/C=C(/C#N)C(=O)N2CCOCC2)cc1)C(=O)O. The second kappa shape index (κ2) is 8.13. The number of ether oxygens (including phenoxy) is 2. The lowest BCUT2D eigenvalue weighted by molar-refractivity contribution is -0.144. The van der Waals surface area contributed by atoms with Gasteiger partial charge in [0.2, 0.25) is 0 Å². The van der Waals surface area contributed by atoms with E-state index in [2.05, 4.69) is 0 Å². The minimum Gasteiger partial charge on any atom is -0.479 e. The van der Waals surface area contributed by atoms with Crippen molar-refractivity contribution in [3.8, 4) is 11.8 Å². The van der Waals surface area contributed by atoms with Gasteiger partial charge in [0.15, 0.2) is 6.10 Å². The van der Waals surface area contributed by atoms with E-state index in [1.807, 2.05) is 6.07 Å². The quantitative estimate of drug-likeness (QED) is 0.645. The Morgan fingerprint density at radius 1 is 1.33 bits per heavy atom. The number of nitriles is 1. The smallest absolute Gasteiger partial charge is 0.344 e. The molecule has 7 heteroatoms. The molecule has 1 aliphatic heterocycles. The molecule has 1 atom stereocenters. The number of aliphatic carboxylic acids is 1. The molecule has 1 aromatic carbocycles. The number of hydrogen-bond donors (Lipinski definition) is 1. The lowest BCUT2D eigenvalue weighted by Crippen LogP contribution is -2.41. The Balaban J connectivity index is 2.09. The minimum atomic E-state index is -1.05. The largest absolute Gasteiger partial charge is 0.479 e. The number of nitrogens with zero attached hydrogens (tertiary/aromatic N) is 2. The number of carboxylic acid groups (broad SMARTS) is 1. The highest BCUT2D eigenvalue weighted by Crippen LogP contribution is 2.17. The second-order valence-corrected chi connectivity index (χ2v) is 5.24. The summed E-state index contributed by atoms with van der Waals surface area (Å²) in [7, 11) is 0. The van der Waals surface area contributed by atoms with Crippen LogP contribution in [0.25, 0.3) is 6.08 Å². The molecule has 1 amide bonds. The van der Waals surface area contributed by atoms with Gasteiger partial charge in [-0.15, -0.1) is 0 Å². The molecule has 1 saturated heterocycles. The van der Waals surface area contributed by atoms with Crippen molar-refractivity contribution in [3.63, 3.8) is 0 Å². The second-order valence-electron chi connectivity index (χ2n) is 5.24. The van der Waals surface area contributed by atoms with Gasteiger partial charge >= 0.3 is 5.97 Å². The van der Waals surface area contributed by atoms with Crippen LogP contribution in [0.3, 0.4) is 0 Å². The van der Waals surface area contributed by atoms with Crippen molar-refractivity contribution in [3.05, 3.63) is 35.4 Å². The number of rotatable bonds is 5. The summed E-state index contributed by atoms with van der Waals surface area (Å²) >= 11 is 0. The summed E-state index contributed by atoms with van der Waals surface area (Å²) in [6.07, 6.45) is 0.548. The zero-order chi connectivity index (χ0) is 17.5. The summed E-state index contributed by atoms with van der Waals surface area (Å²) < 4.78 is 10.4. The monoisotopic (exact) mass is 330 g/mol. The van der Waals surface area contributed by atoms with E-state index in [0.717, 1.165) is 0 Å². The predicted octanol–water partition coefficient (Wildman–Crippen LogP) is 1.30. The molecule has 0 saturated carbocycles. The van der Waals surface area contributed by atoms with Crippen LogP contribution in [0.1, 0.15) is 12.5 Å². The van der Waals surface area contributed by atoms with Crippen LogP contribution in [0.5, 0.6) is 5.75 Å². The number of benzene rings is 1. The third-order valence-electron chi connectivity index (χ3n) is 3.50. The summed E-state index contributed by atoms with van der Waals surface area (Å²) in [6, 6.07) is 8.44. The van der Waals surface area contributed by atoms with Gasteiger partial charge in [-0.05, 0) is 30.7 Å². The van der Waals surface area contributed by atoms with Crippen LogP contribution in [0.4, 0.5) is 0 Å². The van der Waals surface area contributed by atoms with E-state index in [-0.39, 0.29) is 11.5 Å². The van der Waals surface area contributed by atoms with Crippen molar-refractivity contribution in [1.82, 2.24) is 4.90 Å². The molecular formula is C17H18N2O5. The van der Waals surface area contributed by atoms with Crippen LogP contribution in [-0.2, 0) is 14.3 Å². The maximum atomic E-state index is 12.3. The zero-order valence-electron chi connectivity index (χ0n) is 13.3. The van der Waals surface area contributed by atoms with Gasteiger partial charge in [-0.1, -0.05) is 12.1 Å². The standard InChI is InChI=1S/C17H18N2O5/c1-12(17(21)22)24-15-4-2-13(3-5-15)10-14(11-18)16(20)19-6-8-23-9-7-19/h2-5,10,12H,6-9H2,1H3,(H,21,22)/b14-10-. The fraction of sp³-hybridized carbons (Fsp3) is 0.353. The number of carboxylic acids is 1. The molecular weight excluding hydrogens is 312 g/mol. The molecule has 1 unspecified atom stereocenters. The normalized spacial score (nSPS) is 16.2.